The molecule has 0 fully saturated rings. The summed E-state index contributed by atoms with van der Waals surface area (Å²) in [5.41, 5.74) is 0.503. The van der Waals surface area contributed by atoms with E-state index in [-0.39, 0.29) is 17.5 Å². The van der Waals surface area contributed by atoms with Crippen molar-refractivity contribution in [2.45, 2.75) is 23.5 Å². The summed E-state index contributed by atoms with van der Waals surface area (Å²) in [7, 11) is -4.03. The molecule has 0 saturated carbocycles. The van der Waals surface area contributed by atoms with Crippen LogP contribution in [-0.4, -0.2) is 24.5 Å². The van der Waals surface area contributed by atoms with Gasteiger partial charge in [0.1, 0.15) is 0 Å². The zero-order valence-electron chi connectivity index (χ0n) is 14.5. The number of nitrogens with zero attached hydrogens (tertiary/aromatic N) is 3. The fourth-order valence-electron chi connectivity index (χ4n) is 3.39. The highest BCUT2D eigenvalue weighted by Gasteiger charge is 2.35. The SMILES string of the molecule is O=S(=O)(c1ccc(C(F)(F)F)cc1)N1C[C@@H](n2ccnc2)Cc2ccccc21. The van der Waals surface area contributed by atoms with Gasteiger partial charge in [0.15, 0.2) is 0 Å². The number of fused-ring (bicyclic) bond motifs is 1. The number of imidazole rings is 1. The minimum absolute atomic E-state index is 0.163. The summed E-state index contributed by atoms with van der Waals surface area (Å²) in [6.07, 6.45) is 1.12. The highest BCUT2D eigenvalue weighted by atomic mass is 32.2. The molecule has 1 aliphatic heterocycles. The predicted octanol–water partition coefficient (Wildman–Crippen LogP) is 3.89. The molecule has 0 amide bonds. The number of hydrogen-bond donors (Lipinski definition) is 0. The van der Waals surface area contributed by atoms with Gasteiger partial charge in [-0.3, -0.25) is 4.31 Å². The normalized spacial score (nSPS) is 17.4. The van der Waals surface area contributed by atoms with Crippen LogP contribution in [0.1, 0.15) is 17.2 Å². The smallest absolute Gasteiger partial charge is 0.332 e. The zero-order valence-corrected chi connectivity index (χ0v) is 15.4. The van der Waals surface area contributed by atoms with E-state index in [2.05, 4.69) is 4.98 Å². The molecule has 0 bridgehead atoms. The molecule has 5 nitrogen and oxygen atoms in total. The van der Waals surface area contributed by atoms with Crippen LogP contribution >= 0.6 is 0 Å². The fraction of sp³-hybridized carbons (Fsp3) is 0.211. The van der Waals surface area contributed by atoms with Gasteiger partial charge in [0.25, 0.3) is 10.0 Å². The molecular formula is C19H16F3N3O2S. The van der Waals surface area contributed by atoms with Crippen molar-refractivity contribution >= 4 is 15.7 Å². The summed E-state index contributed by atoms with van der Waals surface area (Å²) in [6, 6.07) is 10.6. The number of aromatic nitrogens is 2. The van der Waals surface area contributed by atoms with E-state index < -0.39 is 21.8 Å². The van der Waals surface area contributed by atoms with Gasteiger partial charge >= 0.3 is 6.18 Å². The van der Waals surface area contributed by atoms with Crippen molar-refractivity contribution in [3.8, 4) is 0 Å². The fourth-order valence-corrected chi connectivity index (χ4v) is 4.93. The van der Waals surface area contributed by atoms with Crippen molar-refractivity contribution in [2.75, 3.05) is 10.8 Å². The summed E-state index contributed by atoms with van der Waals surface area (Å²) in [5.74, 6) is 0. The molecule has 2 aromatic carbocycles. The molecule has 28 heavy (non-hydrogen) atoms. The Morgan fingerprint density at radius 2 is 1.75 bits per heavy atom. The van der Waals surface area contributed by atoms with E-state index in [0.717, 1.165) is 29.8 Å². The highest BCUT2D eigenvalue weighted by Crippen LogP contribution is 2.36. The summed E-state index contributed by atoms with van der Waals surface area (Å²) in [4.78, 5) is 3.84. The Bertz CT molecular complexity index is 1080. The number of benzene rings is 2. The summed E-state index contributed by atoms with van der Waals surface area (Å²) in [6.45, 7) is 0.163. The van der Waals surface area contributed by atoms with Crippen molar-refractivity contribution in [3.05, 3.63) is 78.4 Å². The predicted molar refractivity (Wildman–Crippen MR) is 97.4 cm³/mol. The molecule has 0 N–H and O–H groups in total. The first kappa shape index (κ1) is 18.5. The van der Waals surface area contributed by atoms with Gasteiger partial charge in [-0.15, -0.1) is 0 Å². The third-order valence-corrected chi connectivity index (χ3v) is 6.60. The molecule has 4 rings (SSSR count). The molecule has 1 aromatic heterocycles. The average molecular weight is 407 g/mol. The first-order valence-electron chi connectivity index (χ1n) is 8.52. The van der Waals surface area contributed by atoms with E-state index in [9.17, 15) is 21.6 Å². The van der Waals surface area contributed by atoms with Crippen LogP contribution in [0.2, 0.25) is 0 Å². The van der Waals surface area contributed by atoms with E-state index in [4.69, 9.17) is 0 Å². The van der Waals surface area contributed by atoms with Crippen molar-refractivity contribution in [3.63, 3.8) is 0 Å². The molecule has 146 valence electrons. The minimum atomic E-state index is -4.52. The molecule has 9 heteroatoms. The molecule has 0 radical (unpaired) electrons. The average Bonchev–Trinajstić information content (AvgIpc) is 3.21. The highest BCUT2D eigenvalue weighted by molar-refractivity contribution is 7.92. The standard InChI is InChI=1S/C19H16F3N3O2S/c20-19(21,22)15-5-7-17(8-6-15)28(26,27)25-12-16(24-10-9-23-13-24)11-14-3-1-2-4-18(14)25/h1-10,13,16H,11-12H2/t16-/m0/s1. The third-order valence-electron chi connectivity index (χ3n) is 4.81. The Labute approximate surface area is 160 Å². The molecule has 1 atom stereocenters. The number of anilines is 1. The molecule has 0 aliphatic carbocycles. The first-order valence-corrected chi connectivity index (χ1v) is 9.96. The van der Waals surface area contributed by atoms with Gasteiger partial charge in [-0.25, -0.2) is 13.4 Å². The third kappa shape index (κ3) is 3.26. The van der Waals surface area contributed by atoms with Crippen molar-refractivity contribution in [1.29, 1.82) is 0 Å². The van der Waals surface area contributed by atoms with Gasteiger partial charge < -0.3 is 4.57 Å². The molecule has 3 aromatic rings. The van der Waals surface area contributed by atoms with Gasteiger partial charge in [-0.1, -0.05) is 18.2 Å². The van der Waals surface area contributed by atoms with Crippen LogP contribution in [0.3, 0.4) is 0 Å². The van der Waals surface area contributed by atoms with E-state index in [1.807, 2.05) is 16.7 Å². The van der Waals surface area contributed by atoms with Crippen LogP contribution in [0, 0.1) is 0 Å². The number of rotatable bonds is 3. The molecular weight excluding hydrogens is 391 g/mol. The molecule has 0 saturated heterocycles. The Morgan fingerprint density at radius 1 is 1.04 bits per heavy atom. The monoisotopic (exact) mass is 407 g/mol. The molecule has 1 aliphatic rings. The molecule has 0 spiro atoms. The van der Waals surface area contributed by atoms with E-state index >= 15 is 0 Å². The van der Waals surface area contributed by atoms with Crippen molar-refractivity contribution in [2.24, 2.45) is 0 Å². The number of halogens is 3. The van der Waals surface area contributed by atoms with Gasteiger partial charge in [-0.2, -0.15) is 13.2 Å². The van der Waals surface area contributed by atoms with Gasteiger partial charge in [0.2, 0.25) is 0 Å². The van der Waals surface area contributed by atoms with Crippen molar-refractivity contribution in [1.82, 2.24) is 9.55 Å². The number of para-hydroxylation sites is 1. The van der Waals surface area contributed by atoms with Crippen LogP contribution in [0.25, 0.3) is 0 Å². The topological polar surface area (TPSA) is 55.2 Å². The number of alkyl halides is 3. The zero-order chi connectivity index (χ0) is 19.9. The van der Waals surface area contributed by atoms with E-state index in [1.54, 1.807) is 30.9 Å². The lowest BCUT2D eigenvalue weighted by Gasteiger charge is -2.35. The van der Waals surface area contributed by atoms with Crippen LogP contribution in [0.15, 0.2) is 72.1 Å². The second-order valence-electron chi connectivity index (χ2n) is 6.55. The van der Waals surface area contributed by atoms with Gasteiger partial charge in [-0.05, 0) is 42.3 Å². The van der Waals surface area contributed by atoms with E-state index in [0.29, 0.717) is 12.1 Å². The lowest BCUT2D eigenvalue weighted by molar-refractivity contribution is -0.137. The first-order chi connectivity index (χ1) is 13.3. The van der Waals surface area contributed by atoms with Gasteiger partial charge in [0, 0.05) is 12.4 Å². The molecule has 0 unspecified atom stereocenters. The maximum atomic E-state index is 13.2. The number of sulfonamides is 1. The number of hydrogen-bond acceptors (Lipinski definition) is 3. The lowest BCUT2D eigenvalue weighted by atomic mass is 10.00. The summed E-state index contributed by atoms with van der Waals surface area (Å²) in [5, 5.41) is 0. The van der Waals surface area contributed by atoms with Crippen molar-refractivity contribution < 1.29 is 21.6 Å². The Kier molecular flexibility index (Phi) is 4.41. The maximum Gasteiger partial charge on any atom is 0.416 e. The van der Waals surface area contributed by atoms with Crippen LogP contribution in [0.4, 0.5) is 18.9 Å². The summed E-state index contributed by atoms with van der Waals surface area (Å²) >= 11 is 0. The summed E-state index contributed by atoms with van der Waals surface area (Å²) < 4.78 is 68.0. The van der Waals surface area contributed by atoms with Crippen LogP contribution in [-0.2, 0) is 22.6 Å². The largest absolute Gasteiger partial charge is 0.416 e. The second kappa shape index (κ2) is 6.66. The van der Waals surface area contributed by atoms with Crippen LogP contribution in [0.5, 0.6) is 0 Å². The molecule has 2 heterocycles. The Morgan fingerprint density at radius 3 is 2.39 bits per heavy atom. The Hall–Kier alpha value is -2.81. The Balaban J connectivity index is 1.75. The van der Waals surface area contributed by atoms with Gasteiger partial charge in [0.05, 0.1) is 35.1 Å². The maximum absolute atomic E-state index is 13.2. The van der Waals surface area contributed by atoms with E-state index in [1.165, 1.54) is 4.31 Å². The minimum Gasteiger partial charge on any atom is -0.332 e. The van der Waals surface area contributed by atoms with Crippen LogP contribution < -0.4 is 4.31 Å². The second-order valence-corrected chi connectivity index (χ2v) is 8.42. The lowest BCUT2D eigenvalue weighted by Crippen LogP contribution is -2.40. The quantitative estimate of drug-likeness (QED) is 0.662.